The molecule has 0 radical (unpaired) electrons. The topological polar surface area (TPSA) is 15.3 Å². The van der Waals surface area contributed by atoms with Gasteiger partial charge < -0.3 is 5.32 Å². The molecule has 0 spiro atoms. The van der Waals surface area contributed by atoms with Gasteiger partial charge in [-0.15, -0.1) is 0 Å². The van der Waals surface area contributed by atoms with Gasteiger partial charge in [0.2, 0.25) is 0 Å². The summed E-state index contributed by atoms with van der Waals surface area (Å²) in [4.78, 5) is 2.53. The van der Waals surface area contributed by atoms with Crippen LogP contribution in [0.1, 0.15) is 17.2 Å². The summed E-state index contributed by atoms with van der Waals surface area (Å²) >= 11 is 0. The van der Waals surface area contributed by atoms with Gasteiger partial charge in [0.25, 0.3) is 0 Å². The molecule has 1 aliphatic rings. The van der Waals surface area contributed by atoms with Crippen molar-refractivity contribution in [3.05, 3.63) is 71.8 Å². The van der Waals surface area contributed by atoms with E-state index in [1.54, 1.807) is 0 Å². The monoisotopic (exact) mass is 266 g/mol. The Bertz CT molecular complexity index is 520. The first-order valence-electron chi connectivity index (χ1n) is 7.36. The Hall–Kier alpha value is -1.64. The van der Waals surface area contributed by atoms with E-state index in [-0.39, 0.29) is 0 Å². The third-order valence-corrected chi connectivity index (χ3v) is 4.28. The molecule has 1 aliphatic heterocycles. The number of nitrogens with one attached hydrogen (secondary N) is 1. The molecule has 104 valence electrons. The van der Waals surface area contributed by atoms with Gasteiger partial charge in [0.15, 0.2) is 0 Å². The van der Waals surface area contributed by atoms with Crippen molar-refractivity contribution in [1.82, 2.24) is 10.2 Å². The van der Waals surface area contributed by atoms with Gasteiger partial charge in [-0.25, -0.2) is 0 Å². The largest absolute Gasteiger partial charge is 0.314 e. The van der Waals surface area contributed by atoms with Gasteiger partial charge in [0, 0.05) is 25.2 Å². The number of nitrogens with zero attached hydrogens (tertiary/aromatic N) is 1. The number of hydrogen-bond donors (Lipinski definition) is 1. The van der Waals surface area contributed by atoms with E-state index in [9.17, 15) is 0 Å². The van der Waals surface area contributed by atoms with Crippen LogP contribution in [0, 0.1) is 0 Å². The quantitative estimate of drug-likeness (QED) is 0.895. The molecule has 1 N–H and O–H groups in total. The summed E-state index contributed by atoms with van der Waals surface area (Å²) in [5.41, 5.74) is 2.81. The SMILES string of the molecule is CN(C1CNC1)C(Cc1ccccc1)c1ccccc1. The second-order valence-electron chi connectivity index (χ2n) is 5.59. The molecule has 1 saturated heterocycles. The molecular formula is C18H22N2. The highest BCUT2D eigenvalue weighted by Crippen LogP contribution is 2.26. The second kappa shape index (κ2) is 6.21. The van der Waals surface area contributed by atoms with Gasteiger partial charge in [-0.2, -0.15) is 0 Å². The third kappa shape index (κ3) is 2.92. The standard InChI is InChI=1S/C18H22N2/c1-20(17-13-19-14-17)18(16-10-6-3-7-11-16)12-15-8-4-2-5-9-15/h2-11,17-19H,12-14H2,1H3. The van der Waals surface area contributed by atoms with Crippen molar-refractivity contribution in [2.45, 2.75) is 18.5 Å². The van der Waals surface area contributed by atoms with Crippen molar-refractivity contribution in [3.63, 3.8) is 0 Å². The van der Waals surface area contributed by atoms with E-state index in [0.717, 1.165) is 19.5 Å². The lowest BCUT2D eigenvalue weighted by Gasteiger charge is -2.41. The molecule has 2 nitrogen and oxygen atoms in total. The lowest BCUT2D eigenvalue weighted by Crippen LogP contribution is -2.56. The molecule has 1 fully saturated rings. The van der Waals surface area contributed by atoms with Crippen molar-refractivity contribution in [2.75, 3.05) is 20.1 Å². The zero-order valence-electron chi connectivity index (χ0n) is 12.0. The summed E-state index contributed by atoms with van der Waals surface area (Å²) in [6.45, 7) is 2.21. The number of rotatable bonds is 5. The van der Waals surface area contributed by atoms with Gasteiger partial charge in [-0.1, -0.05) is 60.7 Å². The molecule has 2 aromatic carbocycles. The van der Waals surface area contributed by atoms with Crippen LogP contribution in [-0.2, 0) is 6.42 Å². The van der Waals surface area contributed by atoms with Gasteiger partial charge in [-0.3, -0.25) is 4.90 Å². The van der Waals surface area contributed by atoms with Crippen molar-refractivity contribution in [2.24, 2.45) is 0 Å². The zero-order valence-corrected chi connectivity index (χ0v) is 12.0. The number of benzene rings is 2. The summed E-state index contributed by atoms with van der Waals surface area (Å²) < 4.78 is 0. The van der Waals surface area contributed by atoms with Gasteiger partial charge in [0.1, 0.15) is 0 Å². The van der Waals surface area contributed by atoms with Crippen LogP contribution < -0.4 is 5.32 Å². The maximum absolute atomic E-state index is 3.37. The van der Waals surface area contributed by atoms with Crippen molar-refractivity contribution < 1.29 is 0 Å². The fourth-order valence-corrected chi connectivity index (χ4v) is 2.83. The fourth-order valence-electron chi connectivity index (χ4n) is 2.83. The fraction of sp³-hybridized carbons (Fsp3) is 0.333. The minimum Gasteiger partial charge on any atom is -0.314 e. The van der Waals surface area contributed by atoms with E-state index in [1.807, 2.05) is 0 Å². The first-order valence-corrected chi connectivity index (χ1v) is 7.36. The van der Waals surface area contributed by atoms with E-state index >= 15 is 0 Å². The average molecular weight is 266 g/mol. The minimum atomic E-state index is 0.450. The van der Waals surface area contributed by atoms with E-state index in [0.29, 0.717) is 12.1 Å². The lowest BCUT2D eigenvalue weighted by atomic mass is 9.95. The van der Waals surface area contributed by atoms with Crippen LogP contribution in [-0.4, -0.2) is 31.1 Å². The summed E-state index contributed by atoms with van der Waals surface area (Å²) in [5, 5.41) is 3.37. The Morgan fingerprint density at radius 2 is 1.60 bits per heavy atom. The summed E-state index contributed by atoms with van der Waals surface area (Å²) in [6, 6.07) is 22.8. The molecule has 0 saturated carbocycles. The molecule has 1 heterocycles. The smallest absolute Gasteiger partial charge is 0.0389 e. The Morgan fingerprint density at radius 3 is 2.15 bits per heavy atom. The van der Waals surface area contributed by atoms with Crippen LogP contribution in [0.25, 0.3) is 0 Å². The van der Waals surface area contributed by atoms with Crippen LogP contribution in [0.4, 0.5) is 0 Å². The predicted molar refractivity (Wildman–Crippen MR) is 83.7 cm³/mol. The summed E-state index contributed by atoms with van der Waals surface area (Å²) in [6.07, 6.45) is 1.07. The lowest BCUT2D eigenvalue weighted by molar-refractivity contribution is 0.126. The van der Waals surface area contributed by atoms with Crippen LogP contribution in [0.3, 0.4) is 0 Å². The first kappa shape index (κ1) is 13.3. The first-order chi connectivity index (χ1) is 9.84. The molecule has 0 aliphatic carbocycles. The summed E-state index contributed by atoms with van der Waals surface area (Å²) in [7, 11) is 2.26. The van der Waals surface area contributed by atoms with Crippen LogP contribution >= 0.6 is 0 Å². The maximum Gasteiger partial charge on any atom is 0.0389 e. The highest BCUT2D eigenvalue weighted by molar-refractivity contribution is 5.24. The van der Waals surface area contributed by atoms with Crippen LogP contribution in [0.2, 0.25) is 0 Å². The molecule has 2 aromatic rings. The highest BCUT2D eigenvalue weighted by Gasteiger charge is 2.28. The van der Waals surface area contributed by atoms with Crippen LogP contribution in [0.15, 0.2) is 60.7 Å². The molecule has 0 aromatic heterocycles. The Kier molecular flexibility index (Phi) is 4.14. The number of likely N-dealkylation sites (N-methyl/N-ethyl adjacent to an activating group) is 1. The maximum atomic E-state index is 3.37. The van der Waals surface area contributed by atoms with E-state index in [2.05, 4.69) is 77.9 Å². The van der Waals surface area contributed by atoms with E-state index in [4.69, 9.17) is 0 Å². The Labute approximate surface area is 121 Å². The molecular weight excluding hydrogens is 244 g/mol. The summed E-state index contributed by atoms with van der Waals surface area (Å²) in [5.74, 6) is 0. The van der Waals surface area contributed by atoms with E-state index in [1.165, 1.54) is 11.1 Å². The Balaban J connectivity index is 1.83. The number of hydrogen-bond acceptors (Lipinski definition) is 2. The average Bonchev–Trinajstić information content (AvgIpc) is 2.45. The van der Waals surface area contributed by atoms with Gasteiger partial charge >= 0.3 is 0 Å². The molecule has 2 heteroatoms. The molecule has 1 atom stereocenters. The van der Waals surface area contributed by atoms with Gasteiger partial charge in [-0.05, 0) is 24.6 Å². The minimum absolute atomic E-state index is 0.450. The second-order valence-corrected chi connectivity index (χ2v) is 5.59. The molecule has 1 unspecified atom stereocenters. The molecule has 0 bridgehead atoms. The van der Waals surface area contributed by atoms with Crippen LogP contribution in [0.5, 0.6) is 0 Å². The molecule has 0 amide bonds. The highest BCUT2D eigenvalue weighted by atomic mass is 15.2. The van der Waals surface area contributed by atoms with Crippen molar-refractivity contribution in [1.29, 1.82) is 0 Å². The predicted octanol–water partition coefficient (Wildman–Crippen LogP) is 2.87. The Morgan fingerprint density at radius 1 is 1.00 bits per heavy atom. The third-order valence-electron chi connectivity index (χ3n) is 4.28. The normalized spacial score (nSPS) is 16.9. The van der Waals surface area contributed by atoms with Crippen molar-refractivity contribution >= 4 is 0 Å². The zero-order chi connectivity index (χ0) is 13.8. The molecule has 3 rings (SSSR count). The van der Waals surface area contributed by atoms with Gasteiger partial charge in [0.05, 0.1) is 0 Å². The van der Waals surface area contributed by atoms with E-state index < -0.39 is 0 Å². The van der Waals surface area contributed by atoms with Crippen molar-refractivity contribution in [3.8, 4) is 0 Å². The molecule has 20 heavy (non-hydrogen) atoms.